The number of rotatable bonds is 5. The standard InChI is InChI=1S/C13H16N4O2/c1-3-14-8-11-9-16(2)15-13(11)10-4-6-12(7-5-10)17(18)19/h4-7,9,14H,3,8H2,1-2H3. The van der Waals surface area contributed by atoms with Crippen LogP contribution in [-0.4, -0.2) is 21.2 Å². The number of nitro groups is 1. The van der Waals surface area contributed by atoms with Gasteiger partial charge in [-0.2, -0.15) is 5.10 Å². The molecule has 2 aromatic rings. The third-order valence-electron chi connectivity index (χ3n) is 2.82. The van der Waals surface area contributed by atoms with Gasteiger partial charge in [-0.05, 0) is 18.7 Å². The lowest BCUT2D eigenvalue weighted by Gasteiger charge is -2.02. The molecule has 0 spiro atoms. The van der Waals surface area contributed by atoms with Crippen LogP contribution in [0, 0.1) is 10.1 Å². The zero-order valence-electron chi connectivity index (χ0n) is 11.0. The highest BCUT2D eigenvalue weighted by Gasteiger charge is 2.11. The van der Waals surface area contributed by atoms with Gasteiger partial charge in [-0.25, -0.2) is 0 Å². The lowest BCUT2D eigenvalue weighted by molar-refractivity contribution is -0.384. The van der Waals surface area contributed by atoms with Crippen molar-refractivity contribution in [3.8, 4) is 11.3 Å². The predicted molar refractivity (Wildman–Crippen MR) is 72.7 cm³/mol. The molecule has 6 heteroatoms. The second kappa shape index (κ2) is 5.62. The number of benzene rings is 1. The van der Waals surface area contributed by atoms with E-state index in [4.69, 9.17) is 0 Å². The van der Waals surface area contributed by atoms with E-state index in [2.05, 4.69) is 10.4 Å². The van der Waals surface area contributed by atoms with Gasteiger partial charge in [0.2, 0.25) is 0 Å². The normalized spacial score (nSPS) is 10.6. The van der Waals surface area contributed by atoms with Crippen molar-refractivity contribution in [3.63, 3.8) is 0 Å². The van der Waals surface area contributed by atoms with Crippen molar-refractivity contribution in [1.29, 1.82) is 0 Å². The van der Waals surface area contributed by atoms with Crippen LogP contribution in [0.15, 0.2) is 30.5 Å². The quantitative estimate of drug-likeness (QED) is 0.660. The van der Waals surface area contributed by atoms with Crippen LogP contribution in [0.5, 0.6) is 0 Å². The second-order valence-corrected chi connectivity index (χ2v) is 4.26. The molecule has 0 fully saturated rings. The summed E-state index contributed by atoms with van der Waals surface area (Å²) in [6, 6.07) is 6.47. The fourth-order valence-electron chi connectivity index (χ4n) is 1.91. The topological polar surface area (TPSA) is 73.0 Å². The third kappa shape index (κ3) is 2.97. The van der Waals surface area contributed by atoms with Gasteiger partial charge in [0.1, 0.15) is 0 Å². The number of aryl methyl sites for hydroxylation is 1. The molecule has 0 bridgehead atoms. The summed E-state index contributed by atoms with van der Waals surface area (Å²) in [5.41, 5.74) is 2.92. The Labute approximate surface area is 111 Å². The van der Waals surface area contributed by atoms with Crippen molar-refractivity contribution >= 4 is 5.69 Å². The molecule has 1 aromatic carbocycles. The number of hydrogen-bond donors (Lipinski definition) is 1. The average molecular weight is 260 g/mol. The first-order chi connectivity index (χ1) is 9.11. The fraction of sp³-hybridized carbons (Fsp3) is 0.308. The van der Waals surface area contributed by atoms with E-state index in [0.29, 0.717) is 0 Å². The number of nitro benzene ring substituents is 1. The van der Waals surface area contributed by atoms with Crippen LogP contribution in [0.1, 0.15) is 12.5 Å². The Kier molecular flexibility index (Phi) is 3.91. The minimum atomic E-state index is -0.401. The lowest BCUT2D eigenvalue weighted by atomic mass is 10.1. The molecule has 0 saturated carbocycles. The van der Waals surface area contributed by atoms with Crippen LogP contribution in [-0.2, 0) is 13.6 Å². The van der Waals surface area contributed by atoms with Crippen LogP contribution >= 0.6 is 0 Å². The molecule has 2 rings (SSSR count). The zero-order chi connectivity index (χ0) is 13.8. The van der Waals surface area contributed by atoms with Crippen molar-refractivity contribution in [2.75, 3.05) is 6.54 Å². The van der Waals surface area contributed by atoms with Gasteiger partial charge < -0.3 is 5.32 Å². The van der Waals surface area contributed by atoms with Crippen LogP contribution in [0.25, 0.3) is 11.3 Å². The molecule has 0 aliphatic rings. The van der Waals surface area contributed by atoms with Crippen molar-refractivity contribution in [2.24, 2.45) is 7.05 Å². The van der Waals surface area contributed by atoms with Crippen LogP contribution in [0.4, 0.5) is 5.69 Å². The second-order valence-electron chi connectivity index (χ2n) is 4.26. The molecule has 1 heterocycles. The Balaban J connectivity index is 2.32. The molecule has 100 valence electrons. The van der Waals surface area contributed by atoms with Crippen molar-refractivity contribution < 1.29 is 4.92 Å². The zero-order valence-corrected chi connectivity index (χ0v) is 11.0. The van der Waals surface area contributed by atoms with Crippen LogP contribution in [0.3, 0.4) is 0 Å². The molecule has 0 atom stereocenters. The third-order valence-corrected chi connectivity index (χ3v) is 2.82. The Hall–Kier alpha value is -2.21. The number of non-ortho nitro benzene ring substituents is 1. The molecular weight excluding hydrogens is 244 g/mol. The number of aromatic nitrogens is 2. The van der Waals surface area contributed by atoms with E-state index in [1.807, 2.05) is 20.2 Å². The van der Waals surface area contributed by atoms with Gasteiger partial charge >= 0.3 is 0 Å². The highest BCUT2D eigenvalue weighted by Crippen LogP contribution is 2.24. The number of hydrogen-bond acceptors (Lipinski definition) is 4. The maximum atomic E-state index is 10.6. The largest absolute Gasteiger partial charge is 0.313 e. The van der Waals surface area contributed by atoms with Gasteiger partial charge in [-0.15, -0.1) is 0 Å². The molecule has 0 aliphatic heterocycles. The van der Waals surface area contributed by atoms with Crippen LogP contribution < -0.4 is 5.32 Å². The molecule has 0 aliphatic carbocycles. The highest BCUT2D eigenvalue weighted by atomic mass is 16.6. The van der Waals surface area contributed by atoms with Gasteiger partial charge in [0, 0.05) is 43.0 Å². The summed E-state index contributed by atoms with van der Waals surface area (Å²) in [5, 5.41) is 18.3. The van der Waals surface area contributed by atoms with E-state index in [1.54, 1.807) is 16.8 Å². The number of nitrogens with zero attached hydrogens (tertiary/aromatic N) is 3. The van der Waals surface area contributed by atoms with E-state index in [1.165, 1.54) is 12.1 Å². The summed E-state index contributed by atoms with van der Waals surface area (Å²) in [5.74, 6) is 0. The van der Waals surface area contributed by atoms with Gasteiger partial charge in [0.25, 0.3) is 5.69 Å². The SMILES string of the molecule is CCNCc1cn(C)nc1-c1ccc([N+](=O)[O-])cc1. The molecular formula is C13H16N4O2. The molecule has 19 heavy (non-hydrogen) atoms. The van der Waals surface area contributed by atoms with Gasteiger partial charge in [0.05, 0.1) is 10.6 Å². The monoisotopic (exact) mass is 260 g/mol. The molecule has 1 N–H and O–H groups in total. The van der Waals surface area contributed by atoms with Gasteiger partial charge in [0.15, 0.2) is 0 Å². The highest BCUT2D eigenvalue weighted by molar-refractivity contribution is 5.64. The minimum Gasteiger partial charge on any atom is -0.313 e. The molecule has 0 unspecified atom stereocenters. The maximum Gasteiger partial charge on any atom is 0.269 e. The Morgan fingerprint density at radius 1 is 1.37 bits per heavy atom. The summed E-state index contributed by atoms with van der Waals surface area (Å²) in [6.07, 6.45) is 1.96. The minimum absolute atomic E-state index is 0.0907. The summed E-state index contributed by atoms with van der Waals surface area (Å²) >= 11 is 0. The summed E-state index contributed by atoms with van der Waals surface area (Å²) in [7, 11) is 1.87. The molecule has 6 nitrogen and oxygen atoms in total. The summed E-state index contributed by atoms with van der Waals surface area (Å²) in [4.78, 5) is 10.2. The molecule has 0 saturated heterocycles. The summed E-state index contributed by atoms with van der Waals surface area (Å²) < 4.78 is 1.75. The molecule has 0 amide bonds. The van der Waals surface area contributed by atoms with Crippen molar-refractivity contribution in [1.82, 2.24) is 15.1 Å². The summed E-state index contributed by atoms with van der Waals surface area (Å²) in [6.45, 7) is 3.66. The Morgan fingerprint density at radius 3 is 2.63 bits per heavy atom. The van der Waals surface area contributed by atoms with Crippen molar-refractivity contribution in [3.05, 3.63) is 46.1 Å². The lowest BCUT2D eigenvalue weighted by Crippen LogP contribution is -2.11. The first-order valence-electron chi connectivity index (χ1n) is 6.10. The van der Waals surface area contributed by atoms with Gasteiger partial charge in [-0.1, -0.05) is 6.92 Å². The van der Waals surface area contributed by atoms with E-state index in [9.17, 15) is 10.1 Å². The predicted octanol–water partition coefficient (Wildman–Crippen LogP) is 2.10. The van der Waals surface area contributed by atoms with Gasteiger partial charge in [-0.3, -0.25) is 14.8 Å². The van der Waals surface area contributed by atoms with E-state index in [-0.39, 0.29) is 5.69 Å². The average Bonchev–Trinajstić information content (AvgIpc) is 2.77. The molecule has 1 aromatic heterocycles. The smallest absolute Gasteiger partial charge is 0.269 e. The number of nitrogens with one attached hydrogen (secondary N) is 1. The van der Waals surface area contributed by atoms with E-state index < -0.39 is 4.92 Å². The fourth-order valence-corrected chi connectivity index (χ4v) is 1.91. The van der Waals surface area contributed by atoms with Crippen molar-refractivity contribution in [2.45, 2.75) is 13.5 Å². The molecule has 0 radical (unpaired) electrons. The Bertz CT molecular complexity index is 575. The van der Waals surface area contributed by atoms with E-state index >= 15 is 0 Å². The maximum absolute atomic E-state index is 10.6. The Morgan fingerprint density at radius 2 is 2.05 bits per heavy atom. The van der Waals surface area contributed by atoms with E-state index in [0.717, 1.165) is 29.9 Å². The van der Waals surface area contributed by atoms with Crippen LogP contribution in [0.2, 0.25) is 0 Å². The first kappa shape index (κ1) is 13.2. The first-order valence-corrected chi connectivity index (χ1v) is 6.10.